The zero-order chi connectivity index (χ0) is 21.8. The van der Waals surface area contributed by atoms with Crippen LogP contribution in [0.25, 0.3) is 22.3 Å². The molecule has 0 aromatic heterocycles. The molecule has 0 atom stereocenters. The lowest BCUT2D eigenvalue weighted by molar-refractivity contribution is -0.131. The van der Waals surface area contributed by atoms with Gasteiger partial charge in [0.2, 0.25) is 0 Å². The van der Waals surface area contributed by atoms with Crippen LogP contribution in [0.1, 0.15) is 25.0 Å². The zero-order valence-electron chi connectivity index (χ0n) is 17.4. The molecule has 0 bridgehead atoms. The molecule has 3 aromatic carbocycles. The number of ether oxygens (including phenoxy) is 2. The van der Waals surface area contributed by atoms with E-state index < -0.39 is 11.9 Å². The predicted octanol–water partition coefficient (Wildman–Crippen LogP) is 5.89. The molecular weight excluding hydrogens is 388 g/mol. The number of fused-ring (bicyclic) bond motifs is 3. The summed E-state index contributed by atoms with van der Waals surface area (Å²) < 4.78 is 10.9. The van der Waals surface area contributed by atoms with Crippen molar-refractivity contribution in [1.82, 2.24) is 0 Å². The van der Waals surface area contributed by atoms with Crippen molar-refractivity contribution in [3.05, 3.63) is 96.1 Å². The fourth-order valence-corrected chi connectivity index (χ4v) is 3.82. The van der Waals surface area contributed by atoms with Crippen LogP contribution in [-0.2, 0) is 16.0 Å². The molecule has 0 heterocycles. The average molecular weight is 410 g/mol. The SMILES string of the molecule is CC=CC(=O)Oc1ccc(-c2cccc3c2Cc2ccccc2-3)cc1OC(=O)C=CC. The molecule has 0 N–H and O–H groups in total. The van der Waals surface area contributed by atoms with Gasteiger partial charge < -0.3 is 9.47 Å². The second-order valence-corrected chi connectivity index (χ2v) is 7.17. The molecule has 0 radical (unpaired) electrons. The highest BCUT2D eigenvalue weighted by Crippen LogP contribution is 2.43. The molecule has 1 aliphatic rings. The van der Waals surface area contributed by atoms with Crippen molar-refractivity contribution in [2.75, 3.05) is 0 Å². The molecule has 0 fully saturated rings. The van der Waals surface area contributed by atoms with Gasteiger partial charge in [0.05, 0.1) is 0 Å². The number of benzene rings is 3. The third kappa shape index (κ3) is 4.19. The molecule has 154 valence electrons. The maximum atomic E-state index is 12.1. The Hall–Kier alpha value is -3.92. The molecule has 1 aliphatic carbocycles. The van der Waals surface area contributed by atoms with Gasteiger partial charge in [0.25, 0.3) is 0 Å². The summed E-state index contributed by atoms with van der Waals surface area (Å²) in [7, 11) is 0. The maximum Gasteiger partial charge on any atom is 0.335 e. The van der Waals surface area contributed by atoms with E-state index in [0.29, 0.717) is 0 Å². The van der Waals surface area contributed by atoms with Gasteiger partial charge in [-0.1, -0.05) is 60.7 Å². The first-order valence-electron chi connectivity index (χ1n) is 10.1. The fraction of sp³-hybridized carbons (Fsp3) is 0.111. The van der Waals surface area contributed by atoms with Crippen molar-refractivity contribution >= 4 is 11.9 Å². The van der Waals surface area contributed by atoms with E-state index in [1.54, 1.807) is 38.1 Å². The molecule has 4 nitrogen and oxygen atoms in total. The summed E-state index contributed by atoms with van der Waals surface area (Å²) in [5.41, 5.74) is 6.93. The minimum absolute atomic E-state index is 0.195. The molecule has 4 heteroatoms. The third-order valence-corrected chi connectivity index (χ3v) is 5.13. The summed E-state index contributed by atoms with van der Waals surface area (Å²) >= 11 is 0. The van der Waals surface area contributed by atoms with Crippen molar-refractivity contribution in [2.24, 2.45) is 0 Å². The van der Waals surface area contributed by atoms with Crippen molar-refractivity contribution in [1.29, 1.82) is 0 Å². The predicted molar refractivity (Wildman–Crippen MR) is 121 cm³/mol. The van der Waals surface area contributed by atoms with Crippen molar-refractivity contribution in [3.63, 3.8) is 0 Å². The monoisotopic (exact) mass is 410 g/mol. The summed E-state index contributed by atoms with van der Waals surface area (Å²) in [5.74, 6) is -0.671. The minimum atomic E-state index is -0.534. The lowest BCUT2D eigenvalue weighted by Crippen LogP contribution is -2.09. The van der Waals surface area contributed by atoms with E-state index in [1.165, 1.54) is 34.4 Å². The van der Waals surface area contributed by atoms with Crippen LogP contribution in [0.4, 0.5) is 0 Å². The van der Waals surface area contributed by atoms with Gasteiger partial charge in [-0.25, -0.2) is 9.59 Å². The number of allylic oxidation sites excluding steroid dienone is 2. The lowest BCUT2D eigenvalue weighted by Gasteiger charge is -2.13. The smallest absolute Gasteiger partial charge is 0.335 e. The Morgan fingerprint density at radius 2 is 1.39 bits per heavy atom. The van der Waals surface area contributed by atoms with E-state index in [0.717, 1.165) is 17.5 Å². The molecule has 4 rings (SSSR count). The summed E-state index contributed by atoms with van der Waals surface area (Å²) in [6.45, 7) is 3.46. The van der Waals surface area contributed by atoms with Crippen molar-refractivity contribution in [2.45, 2.75) is 20.3 Å². The van der Waals surface area contributed by atoms with Gasteiger partial charge in [0.1, 0.15) is 0 Å². The number of rotatable bonds is 5. The van der Waals surface area contributed by atoms with Gasteiger partial charge in [-0.2, -0.15) is 0 Å². The Balaban J connectivity index is 1.76. The van der Waals surface area contributed by atoms with E-state index in [4.69, 9.17) is 9.47 Å². The van der Waals surface area contributed by atoms with Crippen LogP contribution >= 0.6 is 0 Å². The van der Waals surface area contributed by atoms with Gasteiger partial charge in [-0.05, 0) is 65.8 Å². The number of carbonyl (C=O) groups excluding carboxylic acids is 2. The van der Waals surface area contributed by atoms with Crippen LogP contribution in [0.5, 0.6) is 11.5 Å². The quantitative estimate of drug-likeness (QED) is 0.234. The van der Waals surface area contributed by atoms with Gasteiger partial charge in [0, 0.05) is 12.2 Å². The molecule has 0 saturated heterocycles. The Morgan fingerprint density at radius 1 is 0.742 bits per heavy atom. The number of hydrogen-bond donors (Lipinski definition) is 0. The summed E-state index contributed by atoms with van der Waals surface area (Å²) in [4.78, 5) is 24.0. The van der Waals surface area contributed by atoms with E-state index in [1.807, 2.05) is 18.2 Å². The maximum absolute atomic E-state index is 12.1. The molecule has 0 aliphatic heterocycles. The molecule has 0 saturated carbocycles. The highest BCUT2D eigenvalue weighted by Gasteiger charge is 2.22. The van der Waals surface area contributed by atoms with E-state index >= 15 is 0 Å². The highest BCUT2D eigenvalue weighted by atomic mass is 16.6. The van der Waals surface area contributed by atoms with Gasteiger partial charge in [-0.15, -0.1) is 0 Å². The number of esters is 2. The fourth-order valence-electron chi connectivity index (χ4n) is 3.82. The highest BCUT2D eigenvalue weighted by molar-refractivity contribution is 5.88. The first-order valence-corrected chi connectivity index (χ1v) is 10.1. The van der Waals surface area contributed by atoms with Crippen LogP contribution < -0.4 is 9.47 Å². The molecule has 0 amide bonds. The van der Waals surface area contributed by atoms with Gasteiger partial charge in [0.15, 0.2) is 11.5 Å². The van der Waals surface area contributed by atoms with Crippen molar-refractivity contribution in [3.8, 4) is 33.8 Å². The average Bonchev–Trinajstić information content (AvgIpc) is 3.14. The number of carbonyl (C=O) groups is 2. The second-order valence-electron chi connectivity index (χ2n) is 7.17. The lowest BCUT2D eigenvalue weighted by atomic mass is 9.95. The minimum Gasteiger partial charge on any atom is -0.419 e. The molecule has 3 aromatic rings. The van der Waals surface area contributed by atoms with E-state index in [9.17, 15) is 9.59 Å². The summed E-state index contributed by atoms with van der Waals surface area (Å²) in [6, 6.07) is 19.9. The molecule has 31 heavy (non-hydrogen) atoms. The standard InChI is InChI=1S/C27H22O4/c1-3-8-26(28)30-24-15-14-19(17-25(24)31-27(29)9-4-2)21-12-7-13-22-20-11-6-5-10-18(20)16-23(21)22/h3-15,17H,16H2,1-2H3. The van der Waals surface area contributed by atoms with Gasteiger partial charge in [-0.3, -0.25) is 0 Å². The van der Waals surface area contributed by atoms with Crippen LogP contribution in [0.2, 0.25) is 0 Å². The van der Waals surface area contributed by atoms with E-state index in [2.05, 4.69) is 30.3 Å². The molecular formula is C27H22O4. The van der Waals surface area contributed by atoms with E-state index in [-0.39, 0.29) is 11.5 Å². The van der Waals surface area contributed by atoms with Crippen LogP contribution in [0.3, 0.4) is 0 Å². The topological polar surface area (TPSA) is 52.6 Å². The zero-order valence-corrected chi connectivity index (χ0v) is 17.4. The van der Waals surface area contributed by atoms with Gasteiger partial charge >= 0.3 is 11.9 Å². The van der Waals surface area contributed by atoms with Crippen molar-refractivity contribution < 1.29 is 19.1 Å². The Kier molecular flexibility index (Phi) is 5.80. The summed E-state index contributed by atoms with van der Waals surface area (Å²) in [6.07, 6.45) is 6.66. The largest absolute Gasteiger partial charge is 0.419 e. The molecule has 0 spiro atoms. The Bertz CT molecular complexity index is 1220. The first-order chi connectivity index (χ1) is 15.1. The second kappa shape index (κ2) is 8.84. The third-order valence-electron chi connectivity index (χ3n) is 5.13. The van der Waals surface area contributed by atoms with Crippen LogP contribution in [0, 0.1) is 0 Å². The van der Waals surface area contributed by atoms with Crippen LogP contribution in [-0.4, -0.2) is 11.9 Å². The Labute approximate surface area is 181 Å². The Morgan fingerprint density at radius 3 is 2.13 bits per heavy atom. The number of hydrogen-bond acceptors (Lipinski definition) is 4. The molecule has 0 unspecified atom stereocenters. The summed E-state index contributed by atoms with van der Waals surface area (Å²) in [5, 5.41) is 0. The normalized spacial score (nSPS) is 12.1. The van der Waals surface area contributed by atoms with Crippen LogP contribution in [0.15, 0.2) is 85.0 Å². The first kappa shape index (κ1) is 20.4.